The summed E-state index contributed by atoms with van der Waals surface area (Å²) in [6.45, 7) is 8.63. The van der Waals surface area contributed by atoms with E-state index in [-0.39, 0.29) is 6.67 Å². The summed E-state index contributed by atoms with van der Waals surface area (Å²) in [6.07, 6.45) is 3.04. The predicted molar refractivity (Wildman–Crippen MR) is 48.4 cm³/mol. The zero-order valence-electron chi connectivity index (χ0n) is 8.28. The van der Waals surface area contributed by atoms with Crippen LogP contribution in [0.25, 0.3) is 0 Å². The molecule has 0 heterocycles. The Bertz CT molecular complexity index is 95.0. The number of hydrogen-bond acceptors (Lipinski definition) is 0. The van der Waals surface area contributed by atoms with Crippen molar-refractivity contribution in [3.05, 3.63) is 0 Å². The highest BCUT2D eigenvalue weighted by Gasteiger charge is 2.26. The summed E-state index contributed by atoms with van der Waals surface area (Å²) in [7, 11) is 0. The first-order valence-electron chi connectivity index (χ1n) is 4.66. The van der Waals surface area contributed by atoms with Gasteiger partial charge in [0, 0.05) is 0 Å². The fourth-order valence-electron chi connectivity index (χ4n) is 1.46. The maximum absolute atomic E-state index is 12.0. The third-order valence-electron chi connectivity index (χ3n) is 3.35. The van der Waals surface area contributed by atoms with Crippen LogP contribution in [-0.2, 0) is 0 Å². The smallest absolute Gasteiger partial charge is 0.0897 e. The molecule has 0 nitrogen and oxygen atoms in total. The Kier molecular flexibility index (Phi) is 4.71. The zero-order valence-corrected chi connectivity index (χ0v) is 8.28. The van der Waals surface area contributed by atoms with Crippen molar-refractivity contribution in [2.45, 2.75) is 47.0 Å². The second-order valence-electron chi connectivity index (χ2n) is 3.74. The molecule has 0 fully saturated rings. The van der Waals surface area contributed by atoms with Crippen LogP contribution in [0.4, 0.5) is 4.39 Å². The molecule has 0 radical (unpaired) electrons. The molecule has 0 saturated heterocycles. The third-order valence-corrected chi connectivity index (χ3v) is 3.35. The second kappa shape index (κ2) is 4.74. The summed E-state index contributed by atoms with van der Waals surface area (Å²) < 4.78 is 12.0. The summed E-state index contributed by atoms with van der Waals surface area (Å²) in [5, 5.41) is 0. The Morgan fingerprint density at radius 1 is 1.27 bits per heavy atom. The van der Waals surface area contributed by atoms with Crippen molar-refractivity contribution in [2.75, 3.05) is 6.67 Å². The van der Waals surface area contributed by atoms with Crippen molar-refractivity contribution in [2.24, 2.45) is 11.3 Å². The van der Waals surface area contributed by atoms with Crippen LogP contribution in [0.3, 0.4) is 0 Å². The van der Waals surface area contributed by atoms with Gasteiger partial charge < -0.3 is 0 Å². The summed E-state index contributed by atoms with van der Waals surface area (Å²) in [5.41, 5.74) is 0.353. The van der Waals surface area contributed by atoms with E-state index in [1.165, 1.54) is 0 Å². The molecule has 11 heavy (non-hydrogen) atoms. The van der Waals surface area contributed by atoms with Crippen molar-refractivity contribution in [1.29, 1.82) is 0 Å². The highest BCUT2D eigenvalue weighted by atomic mass is 19.1. The van der Waals surface area contributed by atoms with Crippen molar-refractivity contribution in [3.8, 4) is 0 Å². The van der Waals surface area contributed by atoms with Gasteiger partial charge in [-0.25, -0.2) is 0 Å². The molecule has 0 amide bonds. The van der Waals surface area contributed by atoms with Crippen LogP contribution in [0.2, 0.25) is 0 Å². The molecule has 0 aliphatic carbocycles. The van der Waals surface area contributed by atoms with Gasteiger partial charge in [0.25, 0.3) is 0 Å². The van der Waals surface area contributed by atoms with Gasteiger partial charge >= 0.3 is 0 Å². The predicted octanol–water partition coefficient (Wildman–Crippen LogP) is 3.81. The highest BCUT2D eigenvalue weighted by molar-refractivity contribution is 4.76. The van der Waals surface area contributed by atoms with E-state index in [0.717, 1.165) is 19.3 Å². The van der Waals surface area contributed by atoms with Crippen molar-refractivity contribution in [3.63, 3.8) is 0 Å². The van der Waals surface area contributed by atoms with Gasteiger partial charge in [-0.2, -0.15) is 0 Å². The Morgan fingerprint density at radius 2 is 1.73 bits per heavy atom. The van der Waals surface area contributed by atoms with Gasteiger partial charge in [-0.3, -0.25) is 4.39 Å². The minimum Gasteiger partial charge on any atom is -0.251 e. The topological polar surface area (TPSA) is 0 Å². The molecule has 1 unspecified atom stereocenters. The number of hydrogen-bond donors (Lipinski definition) is 0. The standard InChI is InChI=1S/C10H21F/c1-5-10(4,6-2)9(3)7-8-11/h9H,5-8H2,1-4H3. The van der Waals surface area contributed by atoms with E-state index in [1.807, 2.05) is 0 Å². The summed E-state index contributed by atoms with van der Waals surface area (Å²) in [5.74, 6) is 0.516. The Morgan fingerprint density at radius 3 is 2.00 bits per heavy atom. The van der Waals surface area contributed by atoms with Gasteiger partial charge in [-0.15, -0.1) is 0 Å². The van der Waals surface area contributed by atoms with Crippen molar-refractivity contribution < 1.29 is 4.39 Å². The van der Waals surface area contributed by atoms with Crippen LogP contribution in [0, 0.1) is 11.3 Å². The van der Waals surface area contributed by atoms with E-state index >= 15 is 0 Å². The van der Waals surface area contributed by atoms with Crippen LogP contribution < -0.4 is 0 Å². The molecule has 0 aliphatic heterocycles. The first-order valence-corrected chi connectivity index (χ1v) is 4.66. The maximum atomic E-state index is 12.0. The van der Waals surface area contributed by atoms with E-state index < -0.39 is 0 Å². The quantitative estimate of drug-likeness (QED) is 0.573. The lowest BCUT2D eigenvalue weighted by atomic mass is 9.73. The first-order chi connectivity index (χ1) is 5.10. The molecule has 1 heteroatoms. The van der Waals surface area contributed by atoms with Gasteiger partial charge in [0.2, 0.25) is 0 Å². The highest BCUT2D eigenvalue weighted by Crippen LogP contribution is 2.36. The monoisotopic (exact) mass is 160 g/mol. The molecule has 0 spiro atoms. The van der Waals surface area contributed by atoms with Gasteiger partial charge in [0.1, 0.15) is 0 Å². The molecule has 0 bridgehead atoms. The number of alkyl halides is 1. The zero-order chi connectivity index (χ0) is 8.91. The second-order valence-corrected chi connectivity index (χ2v) is 3.74. The van der Waals surface area contributed by atoms with Crippen LogP contribution in [0.5, 0.6) is 0 Å². The van der Waals surface area contributed by atoms with Crippen LogP contribution >= 0.6 is 0 Å². The van der Waals surface area contributed by atoms with E-state index in [1.54, 1.807) is 0 Å². The van der Waals surface area contributed by atoms with Gasteiger partial charge in [0.15, 0.2) is 0 Å². The summed E-state index contributed by atoms with van der Waals surface area (Å²) in [6, 6.07) is 0. The Labute approximate surface area is 70.2 Å². The molecule has 0 aromatic heterocycles. The Hall–Kier alpha value is -0.0700. The molecule has 0 saturated carbocycles. The largest absolute Gasteiger partial charge is 0.251 e. The fraction of sp³-hybridized carbons (Fsp3) is 1.00. The minimum absolute atomic E-state index is 0.170. The third kappa shape index (κ3) is 2.80. The summed E-state index contributed by atoms with van der Waals surface area (Å²) >= 11 is 0. The van der Waals surface area contributed by atoms with E-state index in [2.05, 4.69) is 27.7 Å². The molecule has 0 rings (SSSR count). The van der Waals surface area contributed by atoms with Gasteiger partial charge in [-0.1, -0.05) is 40.5 Å². The average Bonchev–Trinajstić information content (AvgIpc) is 2.03. The molecular formula is C10H21F. The van der Waals surface area contributed by atoms with Gasteiger partial charge in [-0.05, 0) is 17.8 Å². The van der Waals surface area contributed by atoms with Crippen molar-refractivity contribution in [1.82, 2.24) is 0 Å². The normalized spacial score (nSPS) is 15.0. The minimum atomic E-state index is -0.170. The van der Waals surface area contributed by atoms with Gasteiger partial charge in [0.05, 0.1) is 6.67 Å². The van der Waals surface area contributed by atoms with Crippen LogP contribution in [-0.4, -0.2) is 6.67 Å². The van der Waals surface area contributed by atoms with E-state index in [9.17, 15) is 4.39 Å². The molecule has 0 aromatic rings. The fourth-order valence-corrected chi connectivity index (χ4v) is 1.46. The lowest BCUT2D eigenvalue weighted by Crippen LogP contribution is -2.24. The molecule has 0 N–H and O–H groups in total. The first kappa shape index (κ1) is 10.9. The number of halogens is 1. The maximum Gasteiger partial charge on any atom is 0.0897 e. The lowest BCUT2D eigenvalue weighted by molar-refractivity contribution is 0.163. The van der Waals surface area contributed by atoms with Crippen LogP contribution in [0.15, 0.2) is 0 Å². The van der Waals surface area contributed by atoms with E-state index in [0.29, 0.717) is 11.3 Å². The molecular weight excluding hydrogens is 139 g/mol. The SMILES string of the molecule is CCC(C)(CC)C(C)CCF. The molecule has 1 atom stereocenters. The molecule has 68 valence electrons. The average molecular weight is 160 g/mol. The van der Waals surface area contributed by atoms with Crippen LogP contribution in [0.1, 0.15) is 47.0 Å². The van der Waals surface area contributed by atoms with E-state index in [4.69, 9.17) is 0 Å². The summed E-state index contributed by atoms with van der Waals surface area (Å²) in [4.78, 5) is 0. The van der Waals surface area contributed by atoms with Crippen molar-refractivity contribution >= 4 is 0 Å². The molecule has 0 aliphatic rings. The molecule has 0 aromatic carbocycles. The lowest BCUT2D eigenvalue weighted by Gasteiger charge is -2.33. The number of rotatable bonds is 5. The Balaban J connectivity index is 4.00.